The SMILES string of the molecule is NCCc1nc2ccc(N3CCCCCC3)cc2[nH]1. The summed E-state index contributed by atoms with van der Waals surface area (Å²) in [7, 11) is 0. The molecule has 0 spiro atoms. The predicted molar refractivity (Wildman–Crippen MR) is 79.5 cm³/mol. The van der Waals surface area contributed by atoms with Crippen LogP contribution >= 0.6 is 0 Å². The van der Waals surface area contributed by atoms with Crippen molar-refractivity contribution in [1.82, 2.24) is 9.97 Å². The number of nitrogens with two attached hydrogens (primary N) is 1. The molecule has 0 amide bonds. The molecule has 3 rings (SSSR count). The van der Waals surface area contributed by atoms with Crippen molar-refractivity contribution < 1.29 is 0 Å². The Morgan fingerprint density at radius 2 is 1.95 bits per heavy atom. The standard InChI is InChI=1S/C15H22N4/c16-8-7-15-17-13-6-5-12(11-14(13)18-15)19-9-3-1-2-4-10-19/h5-6,11H,1-4,7-10,16H2,(H,17,18). The average molecular weight is 258 g/mol. The Balaban J connectivity index is 1.87. The van der Waals surface area contributed by atoms with Crippen molar-refractivity contribution in [2.75, 3.05) is 24.5 Å². The number of aromatic nitrogens is 2. The molecule has 1 aliphatic heterocycles. The first-order valence-corrected chi connectivity index (χ1v) is 7.30. The number of hydrogen-bond acceptors (Lipinski definition) is 3. The summed E-state index contributed by atoms with van der Waals surface area (Å²) in [5.41, 5.74) is 9.07. The number of imidazole rings is 1. The third-order valence-corrected chi connectivity index (χ3v) is 3.87. The summed E-state index contributed by atoms with van der Waals surface area (Å²) in [6, 6.07) is 6.54. The van der Waals surface area contributed by atoms with Gasteiger partial charge in [0, 0.05) is 25.2 Å². The summed E-state index contributed by atoms with van der Waals surface area (Å²) in [6.45, 7) is 2.99. The van der Waals surface area contributed by atoms with E-state index in [0.29, 0.717) is 6.54 Å². The molecule has 0 atom stereocenters. The van der Waals surface area contributed by atoms with Crippen LogP contribution in [0.2, 0.25) is 0 Å². The van der Waals surface area contributed by atoms with Crippen molar-refractivity contribution in [2.45, 2.75) is 32.1 Å². The van der Waals surface area contributed by atoms with Crippen molar-refractivity contribution in [2.24, 2.45) is 5.73 Å². The van der Waals surface area contributed by atoms with E-state index in [-0.39, 0.29) is 0 Å². The molecule has 0 radical (unpaired) electrons. The lowest BCUT2D eigenvalue weighted by molar-refractivity contribution is 0.726. The number of fused-ring (bicyclic) bond motifs is 1. The van der Waals surface area contributed by atoms with Crippen molar-refractivity contribution in [3.8, 4) is 0 Å². The number of anilines is 1. The highest BCUT2D eigenvalue weighted by atomic mass is 15.1. The van der Waals surface area contributed by atoms with Crippen LogP contribution in [0, 0.1) is 0 Å². The van der Waals surface area contributed by atoms with Crippen LogP contribution in [0.3, 0.4) is 0 Å². The number of nitrogens with zero attached hydrogens (tertiary/aromatic N) is 2. The van der Waals surface area contributed by atoms with Crippen molar-refractivity contribution in [3.63, 3.8) is 0 Å². The Kier molecular flexibility index (Phi) is 3.69. The molecule has 3 N–H and O–H groups in total. The second-order valence-corrected chi connectivity index (χ2v) is 5.32. The highest BCUT2D eigenvalue weighted by molar-refractivity contribution is 5.79. The van der Waals surface area contributed by atoms with Gasteiger partial charge < -0.3 is 15.6 Å². The molecule has 1 saturated heterocycles. The number of aromatic amines is 1. The predicted octanol–water partition coefficient (Wildman–Crippen LogP) is 2.44. The van der Waals surface area contributed by atoms with Crippen molar-refractivity contribution in [3.05, 3.63) is 24.0 Å². The third kappa shape index (κ3) is 2.73. The fourth-order valence-corrected chi connectivity index (χ4v) is 2.83. The van der Waals surface area contributed by atoms with E-state index in [4.69, 9.17) is 5.73 Å². The Morgan fingerprint density at radius 1 is 1.16 bits per heavy atom. The Hall–Kier alpha value is -1.55. The molecular formula is C15H22N4. The smallest absolute Gasteiger partial charge is 0.108 e. The number of rotatable bonds is 3. The van der Waals surface area contributed by atoms with Gasteiger partial charge in [0.05, 0.1) is 11.0 Å². The molecule has 0 saturated carbocycles. The zero-order valence-corrected chi connectivity index (χ0v) is 11.4. The first-order valence-electron chi connectivity index (χ1n) is 7.30. The van der Waals surface area contributed by atoms with Crippen LogP contribution in [-0.2, 0) is 6.42 Å². The zero-order chi connectivity index (χ0) is 13.1. The third-order valence-electron chi connectivity index (χ3n) is 3.87. The van der Waals surface area contributed by atoms with E-state index >= 15 is 0 Å². The van der Waals surface area contributed by atoms with Crippen LogP contribution in [0.25, 0.3) is 11.0 Å². The lowest BCUT2D eigenvalue weighted by atomic mass is 10.2. The lowest BCUT2D eigenvalue weighted by Crippen LogP contribution is -2.23. The van der Waals surface area contributed by atoms with Crippen LogP contribution in [0.5, 0.6) is 0 Å². The summed E-state index contributed by atoms with van der Waals surface area (Å²) >= 11 is 0. The van der Waals surface area contributed by atoms with Gasteiger partial charge in [0.1, 0.15) is 5.82 Å². The van der Waals surface area contributed by atoms with E-state index in [2.05, 4.69) is 33.1 Å². The second kappa shape index (κ2) is 5.61. The van der Waals surface area contributed by atoms with Gasteiger partial charge in [-0.1, -0.05) is 12.8 Å². The number of benzene rings is 1. The molecule has 4 nitrogen and oxygen atoms in total. The quantitative estimate of drug-likeness (QED) is 0.889. The molecular weight excluding hydrogens is 236 g/mol. The maximum absolute atomic E-state index is 5.58. The minimum Gasteiger partial charge on any atom is -0.371 e. The molecule has 1 aromatic carbocycles. The molecule has 2 heterocycles. The van der Waals surface area contributed by atoms with Gasteiger partial charge in [0.25, 0.3) is 0 Å². The molecule has 4 heteroatoms. The Labute approximate surface area is 114 Å². The summed E-state index contributed by atoms with van der Waals surface area (Å²) in [6.07, 6.45) is 6.15. The molecule has 1 fully saturated rings. The van der Waals surface area contributed by atoms with Crippen molar-refractivity contribution in [1.29, 1.82) is 0 Å². The van der Waals surface area contributed by atoms with Gasteiger partial charge >= 0.3 is 0 Å². The molecule has 0 bridgehead atoms. The van der Waals surface area contributed by atoms with Gasteiger partial charge in [-0.05, 0) is 37.6 Å². The number of nitrogens with one attached hydrogen (secondary N) is 1. The highest BCUT2D eigenvalue weighted by Gasteiger charge is 2.11. The van der Waals surface area contributed by atoms with E-state index in [0.717, 1.165) is 23.3 Å². The van der Waals surface area contributed by atoms with E-state index < -0.39 is 0 Å². The fourth-order valence-electron chi connectivity index (χ4n) is 2.83. The maximum atomic E-state index is 5.58. The second-order valence-electron chi connectivity index (χ2n) is 5.32. The largest absolute Gasteiger partial charge is 0.371 e. The highest BCUT2D eigenvalue weighted by Crippen LogP contribution is 2.23. The molecule has 0 aliphatic carbocycles. The van der Waals surface area contributed by atoms with Crippen LogP contribution in [0.4, 0.5) is 5.69 Å². The van der Waals surface area contributed by atoms with E-state index in [1.54, 1.807) is 0 Å². The molecule has 1 aliphatic rings. The molecule has 19 heavy (non-hydrogen) atoms. The lowest BCUT2D eigenvalue weighted by Gasteiger charge is -2.22. The summed E-state index contributed by atoms with van der Waals surface area (Å²) in [5.74, 6) is 0.991. The van der Waals surface area contributed by atoms with Crippen LogP contribution in [0.15, 0.2) is 18.2 Å². The molecule has 102 valence electrons. The van der Waals surface area contributed by atoms with Crippen LogP contribution in [0.1, 0.15) is 31.5 Å². The molecule has 2 aromatic rings. The first-order chi connectivity index (χ1) is 9.36. The topological polar surface area (TPSA) is 57.9 Å². The zero-order valence-electron chi connectivity index (χ0n) is 11.4. The minimum atomic E-state index is 0.638. The fraction of sp³-hybridized carbons (Fsp3) is 0.533. The molecule has 0 unspecified atom stereocenters. The molecule has 1 aromatic heterocycles. The maximum Gasteiger partial charge on any atom is 0.108 e. The minimum absolute atomic E-state index is 0.638. The van der Waals surface area contributed by atoms with E-state index in [9.17, 15) is 0 Å². The van der Waals surface area contributed by atoms with Crippen LogP contribution < -0.4 is 10.6 Å². The van der Waals surface area contributed by atoms with Gasteiger partial charge in [0.2, 0.25) is 0 Å². The van der Waals surface area contributed by atoms with Gasteiger partial charge in [-0.15, -0.1) is 0 Å². The summed E-state index contributed by atoms with van der Waals surface area (Å²) in [5, 5.41) is 0. The Morgan fingerprint density at radius 3 is 2.68 bits per heavy atom. The summed E-state index contributed by atoms with van der Waals surface area (Å²) in [4.78, 5) is 10.4. The number of hydrogen-bond donors (Lipinski definition) is 2. The summed E-state index contributed by atoms with van der Waals surface area (Å²) < 4.78 is 0. The monoisotopic (exact) mass is 258 g/mol. The van der Waals surface area contributed by atoms with E-state index in [1.165, 1.54) is 44.5 Å². The van der Waals surface area contributed by atoms with Gasteiger partial charge in [-0.25, -0.2) is 4.98 Å². The van der Waals surface area contributed by atoms with Gasteiger partial charge in [-0.2, -0.15) is 0 Å². The number of H-pyrrole nitrogens is 1. The van der Waals surface area contributed by atoms with Gasteiger partial charge in [0.15, 0.2) is 0 Å². The average Bonchev–Trinajstić information content (AvgIpc) is 2.63. The van der Waals surface area contributed by atoms with Crippen molar-refractivity contribution >= 4 is 16.7 Å². The van der Waals surface area contributed by atoms with E-state index in [1.807, 2.05) is 0 Å². The normalized spacial score (nSPS) is 16.8. The van der Waals surface area contributed by atoms with Crippen LogP contribution in [-0.4, -0.2) is 29.6 Å². The Bertz CT molecular complexity index is 538. The first kappa shape index (κ1) is 12.5. The van der Waals surface area contributed by atoms with Gasteiger partial charge in [-0.3, -0.25) is 0 Å².